The minimum absolute atomic E-state index is 0. The third-order valence-electron chi connectivity index (χ3n) is 1.82. The second kappa shape index (κ2) is 5.74. The van der Waals surface area contributed by atoms with Crippen LogP contribution in [0.3, 0.4) is 0 Å². The van der Waals surface area contributed by atoms with Gasteiger partial charge in [0.15, 0.2) is 0 Å². The zero-order valence-corrected chi connectivity index (χ0v) is 7.52. The predicted octanol–water partition coefficient (Wildman–Crippen LogP) is 1.36. The second-order valence-corrected chi connectivity index (χ2v) is 2.56. The summed E-state index contributed by atoms with van der Waals surface area (Å²) in [6.45, 7) is 0.886. The van der Waals surface area contributed by atoms with Crippen LogP contribution in [-0.2, 0) is 23.8 Å². The largest absolute Gasteiger partial charge is 0.493 e. The summed E-state index contributed by atoms with van der Waals surface area (Å²) in [5.74, 6) is 1.08. The van der Waals surface area contributed by atoms with Gasteiger partial charge in [0, 0.05) is 17.4 Å². The minimum atomic E-state index is 0. The number of aryl methyl sites for hydroxylation is 1. The quantitative estimate of drug-likeness (QED) is 0.566. The van der Waals surface area contributed by atoms with Gasteiger partial charge < -0.3 is 4.74 Å². The Labute approximate surface area is 95.8 Å². The number of hydrogen-bond acceptors (Lipinski definition) is 1. The molecule has 0 bridgehead atoms. The molecule has 0 unspecified atom stereocenters. The van der Waals surface area contributed by atoms with E-state index in [1.807, 2.05) is 12.1 Å². The molecule has 1 aliphatic heterocycles. The van der Waals surface area contributed by atoms with Gasteiger partial charge in [-0.25, -0.2) is 0 Å². The van der Waals surface area contributed by atoms with Crippen LogP contribution < -0.4 is 4.74 Å². The van der Waals surface area contributed by atoms with Gasteiger partial charge >= 0.3 is 18.9 Å². The van der Waals surface area contributed by atoms with Crippen LogP contribution in [0.4, 0.5) is 0 Å². The standard InChI is InChI=1S/C9H10O.Cr.Li.H/c1-2-6-9-8(4-1)5-3-7-10-9;;;/h1-2,4,6H,3,5,7H2;;;. The van der Waals surface area contributed by atoms with E-state index < -0.39 is 0 Å². The summed E-state index contributed by atoms with van der Waals surface area (Å²) in [5, 5.41) is 0. The van der Waals surface area contributed by atoms with Crippen molar-refractivity contribution in [1.82, 2.24) is 0 Å². The van der Waals surface area contributed by atoms with E-state index in [1.165, 1.54) is 12.0 Å². The Kier molecular flexibility index (Phi) is 5.81. The van der Waals surface area contributed by atoms with Crippen LogP contribution in [0.25, 0.3) is 0 Å². The Morgan fingerprint density at radius 3 is 2.67 bits per heavy atom. The van der Waals surface area contributed by atoms with E-state index in [-0.39, 0.29) is 36.2 Å². The summed E-state index contributed by atoms with van der Waals surface area (Å²) in [7, 11) is 0. The normalized spacial score (nSPS) is 13.0. The number of hydrogen-bond donors (Lipinski definition) is 0. The zero-order valence-electron chi connectivity index (χ0n) is 6.25. The molecule has 3 heteroatoms. The van der Waals surface area contributed by atoms with Crippen molar-refractivity contribution in [3.63, 3.8) is 0 Å². The van der Waals surface area contributed by atoms with Gasteiger partial charge in [0.05, 0.1) is 6.61 Å². The van der Waals surface area contributed by atoms with E-state index in [0.717, 1.165) is 18.8 Å². The third-order valence-corrected chi connectivity index (χ3v) is 1.82. The molecule has 0 N–H and O–H groups in total. The molecule has 2 rings (SSSR count). The topological polar surface area (TPSA) is 9.23 Å². The average molecular weight is 194 g/mol. The monoisotopic (exact) mass is 194 g/mol. The van der Waals surface area contributed by atoms with E-state index in [1.54, 1.807) is 0 Å². The molecule has 0 amide bonds. The maximum atomic E-state index is 5.42. The van der Waals surface area contributed by atoms with Crippen LogP contribution in [0, 0.1) is 0 Å². The molecule has 0 radical (unpaired) electrons. The second-order valence-electron chi connectivity index (χ2n) is 2.56. The number of rotatable bonds is 0. The van der Waals surface area contributed by atoms with Gasteiger partial charge in [0.1, 0.15) is 5.75 Å². The summed E-state index contributed by atoms with van der Waals surface area (Å²) in [4.78, 5) is 0. The number of para-hydroxylation sites is 1. The van der Waals surface area contributed by atoms with Crippen LogP contribution in [0.5, 0.6) is 5.75 Å². The molecule has 0 fully saturated rings. The molecule has 1 heterocycles. The van der Waals surface area contributed by atoms with Crippen LogP contribution in [0.2, 0.25) is 0 Å². The van der Waals surface area contributed by atoms with Crippen molar-refractivity contribution in [2.45, 2.75) is 12.8 Å². The van der Waals surface area contributed by atoms with Crippen molar-refractivity contribution in [2.75, 3.05) is 6.61 Å². The van der Waals surface area contributed by atoms with Gasteiger partial charge in [0.2, 0.25) is 0 Å². The van der Waals surface area contributed by atoms with Crippen molar-refractivity contribution in [1.29, 1.82) is 0 Å². The first-order valence-corrected chi connectivity index (χ1v) is 3.67. The average Bonchev–Trinajstić information content (AvgIpc) is 2.05. The Hall–Kier alpha value is 0.150. The Bertz CT molecular complexity index is 215. The van der Waals surface area contributed by atoms with E-state index in [0.29, 0.717) is 0 Å². The van der Waals surface area contributed by atoms with Crippen molar-refractivity contribution < 1.29 is 22.1 Å². The molecule has 0 aromatic heterocycles. The molecule has 0 spiro atoms. The van der Waals surface area contributed by atoms with Crippen molar-refractivity contribution >= 4 is 18.9 Å². The predicted molar refractivity (Wildman–Crippen MR) is 47.4 cm³/mol. The molecule has 0 saturated heterocycles. The number of fused-ring (bicyclic) bond motifs is 1. The van der Waals surface area contributed by atoms with E-state index in [4.69, 9.17) is 4.74 Å². The maximum Gasteiger partial charge on any atom is 0.122 e. The fourth-order valence-electron chi connectivity index (χ4n) is 1.30. The first-order chi connectivity index (χ1) is 4.97. The molecule has 1 aromatic carbocycles. The molecule has 0 aliphatic carbocycles. The molecule has 0 atom stereocenters. The van der Waals surface area contributed by atoms with Gasteiger partial charge in [-0.15, -0.1) is 0 Å². The fourth-order valence-corrected chi connectivity index (χ4v) is 1.30. The zero-order chi connectivity index (χ0) is 6.81. The van der Waals surface area contributed by atoms with Gasteiger partial charge in [-0.1, -0.05) is 18.2 Å². The Morgan fingerprint density at radius 1 is 1.17 bits per heavy atom. The first-order valence-electron chi connectivity index (χ1n) is 3.67. The SMILES string of the molecule is [Cr].[LiH].c1ccc2c(c1)CCCO2. The van der Waals surface area contributed by atoms with Crippen molar-refractivity contribution in [3.8, 4) is 5.75 Å². The molecule has 1 aromatic rings. The van der Waals surface area contributed by atoms with Gasteiger partial charge in [0.25, 0.3) is 0 Å². The van der Waals surface area contributed by atoms with E-state index in [9.17, 15) is 0 Å². The molecule has 0 saturated carbocycles. The first kappa shape index (κ1) is 12.1. The summed E-state index contributed by atoms with van der Waals surface area (Å²) >= 11 is 0. The summed E-state index contributed by atoms with van der Waals surface area (Å²) in [6.07, 6.45) is 2.34. The van der Waals surface area contributed by atoms with Gasteiger partial charge in [-0.3, -0.25) is 0 Å². The maximum absolute atomic E-state index is 5.42. The summed E-state index contributed by atoms with van der Waals surface area (Å²) < 4.78 is 5.42. The van der Waals surface area contributed by atoms with Gasteiger partial charge in [-0.05, 0) is 24.5 Å². The Balaban J connectivity index is 0.000000605. The van der Waals surface area contributed by atoms with Crippen LogP contribution >= 0.6 is 0 Å². The fraction of sp³-hybridized carbons (Fsp3) is 0.333. The smallest absolute Gasteiger partial charge is 0.122 e. The minimum Gasteiger partial charge on any atom is -0.493 e. The summed E-state index contributed by atoms with van der Waals surface area (Å²) in [5.41, 5.74) is 1.36. The van der Waals surface area contributed by atoms with Crippen LogP contribution in [0.15, 0.2) is 24.3 Å². The van der Waals surface area contributed by atoms with Crippen molar-refractivity contribution in [2.24, 2.45) is 0 Å². The van der Waals surface area contributed by atoms with Crippen molar-refractivity contribution in [3.05, 3.63) is 29.8 Å². The van der Waals surface area contributed by atoms with Gasteiger partial charge in [-0.2, -0.15) is 0 Å². The van der Waals surface area contributed by atoms with E-state index >= 15 is 0 Å². The molecule has 60 valence electrons. The molecule has 1 nitrogen and oxygen atoms in total. The van der Waals surface area contributed by atoms with Crippen LogP contribution in [0.1, 0.15) is 12.0 Å². The number of ether oxygens (including phenoxy) is 1. The number of benzene rings is 1. The van der Waals surface area contributed by atoms with Crippen LogP contribution in [-0.4, -0.2) is 25.5 Å². The Morgan fingerprint density at radius 2 is 1.92 bits per heavy atom. The molecule has 12 heavy (non-hydrogen) atoms. The molecular formula is C9H11CrLiO. The summed E-state index contributed by atoms with van der Waals surface area (Å²) in [6, 6.07) is 8.25. The third kappa shape index (κ3) is 2.58. The van der Waals surface area contributed by atoms with E-state index in [2.05, 4.69) is 12.1 Å². The molecular weight excluding hydrogens is 183 g/mol. The molecule has 1 aliphatic rings.